The summed E-state index contributed by atoms with van der Waals surface area (Å²) in [6, 6.07) is 5.85. The molecule has 0 bridgehead atoms. The number of carbonyl (C=O) groups is 2. The van der Waals surface area contributed by atoms with Crippen LogP contribution in [-0.2, 0) is 21.6 Å². The topological polar surface area (TPSA) is 91.8 Å². The minimum Gasteiger partial charge on any atom is -0.478 e. The standard InChI is InChI=1S/C12H12FNO5S/c13-20(18,19)10-5-11(15)14(7-10)6-8-1-3-9(4-2-8)12(16)17/h1-4,10H,5-7H2,(H,16,17). The zero-order chi connectivity index (χ0) is 14.9. The number of rotatable bonds is 4. The first-order chi connectivity index (χ1) is 9.27. The number of benzene rings is 1. The largest absolute Gasteiger partial charge is 0.478 e. The van der Waals surface area contributed by atoms with Gasteiger partial charge in [-0.1, -0.05) is 12.1 Å². The van der Waals surface area contributed by atoms with Crippen molar-refractivity contribution in [2.24, 2.45) is 0 Å². The molecule has 2 rings (SSSR count). The molecule has 1 aliphatic rings. The van der Waals surface area contributed by atoms with Crippen LogP contribution in [0.2, 0.25) is 0 Å². The van der Waals surface area contributed by atoms with Crippen molar-refractivity contribution in [2.45, 2.75) is 18.2 Å². The van der Waals surface area contributed by atoms with Crippen LogP contribution < -0.4 is 0 Å². The fourth-order valence-corrected chi connectivity index (χ4v) is 2.75. The highest BCUT2D eigenvalue weighted by atomic mass is 32.3. The van der Waals surface area contributed by atoms with E-state index in [1.54, 1.807) is 0 Å². The van der Waals surface area contributed by atoms with Crippen molar-refractivity contribution in [2.75, 3.05) is 6.54 Å². The van der Waals surface area contributed by atoms with Crippen molar-refractivity contribution in [1.29, 1.82) is 0 Å². The van der Waals surface area contributed by atoms with Crippen molar-refractivity contribution >= 4 is 22.1 Å². The lowest BCUT2D eigenvalue weighted by Crippen LogP contribution is -2.26. The van der Waals surface area contributed by atoms with E-state index in [1.165, 1.54) is 29.2 Å². The summed E-state index contributed by atoms with van der Waals surface area (Å²) in [5.41, 5.74) is 0.769. The Morgan fingerprint density at radius 2 is 1.95 bits per heavy atom. The van der Waals surface area contributed by atoms with Crippen LogP contribution in [0.5, 0.6) is 0 Å². The summed E-state index contributed by atoms with van der Waals surface area (Å²) in [5, 5.41) is 7.44. The van der Waals surface area contributed by atoms with Gasteiger partial charge in [0, 0.05) is 19.5 Å². The second-order valence-electron chi connectivity index (χ2n) is 4.58. The van der Waals surface area contributed by atoms with Gasteiger partial charge in [0.25, 0.3) is 0 Å². The molecule has 0 radical (unpaired) electrons. The molecule has 108 valence electrons. The van der Waals surface area contributed by atoms with Crippen LogP contribution in [0.1, 0.15) is 22.3 Å². The lowest BCUT2D eigenvalue weighted by molar-refractivity contribution is -0.128. The van der Waals surface area contributed by atoms with Crippen LogP contribution >= 0.6 is 0 Å². The van der Waals surface area contributed by atoms with Crippen LogP contribution in [-0.4, -0.2) is 42.1 Å². The molecule has 0 aliphatic carbocycles. The Bertz CT molecular complexity index is 640. The number of hydrogen-bond acceptors (Lipinski definition) is 4. The van der Waals surface area contributed by atoms with Crippen molar-refractivity contribution in [3.8, 4) is 0 Å². The first-order valence-electron chi connectivity index (χ1n) is 5.81. The third kappa shape index (κ3) is 3.13. The van der Waals surface area contributed by atoms with Gasteiger partial charge in [-0.25, -0.2) is 4.79 Å². The third-order valence-corrected chi connectivity index (χ3v) is 4.26. The minimum absolute atomic E-state index is 0.116. The number of nitrogens with zero attached hydrogens (tertiary/aromatic N) is 1. The summed E-state index contributed by atoms with van der Waals surface area (Å²) in [4.78, 5) is 23.5. The van der Waals surface area contributed by atoms with E-state index in [0.717, 1.165) is 0 Å². The summed E-state index contributed by atoms with van der Waals surface area (Å²) in [6.07, 6.45) is -0.355. The summed E-state index contributed by atoms with van der Waals surface area (Å²) in [7, 11) is -4.72. The number of likely N-dealkylation sites (tertiary alicyclic amines) is 1. The molecule has 0 saturated carbocycles. The normalized spacial score (nSPS) is 19.4. The molecule has 0 aromatic heterocycles. The maximum Gasteiger partial charge on any atom is 0.335 e. The number of halogens is 1. The Morgan fingerprint density at radius 1 is 1.35 bits per heavy atom. The Balaban J connectivity index is 2.07. The molecule has 8 heteroatoms. The molecule has 0 spiro atoms. The lowest BCUT2D eigenvalue weighted by atomic mass is 10.1. The highest BCUT2D eigenvalue weighted by molar-refractivity contribution is 7.87. The fraction of sp³-hybridized carbons (Fsp3) is 0.333. The molecular weight excluding hydrogens is 289 g/mol. The molecule has 1 unspecified atom stereocenters. The predicted octanol–water partition coefficient (Wildman–Crippen LogP) is 0.785. The Morgan fingerprint density at radius 3 is 2.40 bits per heavy atom. The number of carboxylic acids is 1. The molecule has 1 fully saturated rings. The van der Waals surface area contributed by atoms with Crippen LogP contribution in [0, 0.1) is 0 Å². The van der Waals surface area contributed by atoms with Gasteiger partial charge in [-0.2, -0.15) is 8.42 Å². The van der Waals surface area contributed by atoms with Gasteiger partial charge in [-0.3, -0.25) is 4.79 Å². The highest BCUT2D eigenvalue weighted by Crippen LogP contribution is 2.21. The average Bonchev–Trinajstić information content (AvgIpc) is 2.71. The molecule has 20 heavy (non-hydrogen) atoms. The summed E-state index contributed by atoms with van der Waals surface area (Å²) >= 11 is 0. The van der Waals surface area contributed by atoms with E-state index in [2.05, 4.69) is 0 Å². The Labute approximate surface area is 115 Å². The van der Waals surface area contributed by atoms with E-state index in [0.29, 0.717) is 5.56 Å². The van der Waals surface area contributed by atoms with E-state index in [1.807, 2.05) is 0 Å². The molecule has 1 aromatic carbocycles. The summed E-state index contributed by atoms with van der Waals surface area (Å²) in [5.74, 6) is -1.49. The summed E-state index contributed by atoms with van der Waals surface area (Å²) in [6.45, 7) is -0.0525. The number of aromatic carboxylic acids is 1. The zero-order valence-corrected chi connectivity index (χ0v) is 11.1. The lowest BCUT2D eigenvalue weighted by Gasteiger charge is -2.16. The molecule has 1 atom stereocenters. The molecule has 1 aromatic rings. The van der Waals surface area contributed by atoms with E-state index >= 15 is 0 Å². The van der Waals surface area contributed by atoms with Gasteiger partial charge in [-0.15, -0.1) is 3.89 Å². The fourth-order valence-electron chi connectivity index (χ4n) is 2.05. The molecule has 6 nitrogen and oxygen atoms in total. The van der Waals surface area contributed by atoms with Crippen molar-refractivity contribution in [1.82, 2.24) is 4.90 Å². The predicted molar refractivity (Wildman–Crippen MR) is 67.3 cm³/mol. The number of carboxylic acid groups (broad SMARTS) is 1. The third-order valence-electron chi connectivity index (χ3n) is 3.15. The first kappa shape index (κ1) is 14.4. The van der Waals surface area contributed by atoms with E-state index in [9.17, 15) is 21.9 Å². The van der Waals surface area contributed by atoms with E-state index < -0.39 is 27.3 Å². The van der Waals surface area contributed by atoms with Gasteiger partial charge < -0.3 is 10.0 Å². The van der Waals surface area contributed by atoms with Gasteiger partial charge in [0.05, 0.1) is 5.56 Å². The van der Waals surface area contributed by atoms with Crippen LogP contribution in [0.25, 0.3) is 0 Å². The van der Waals surface area contributed by atoms with Gasteiger partial charge in [0.15, 0.2) is 0 Å². The summed E-state index contributed by atoms with van der Waals surface area (Å²) < 4.78 is 34.4. The quantitative estimate of drug-likeness (QED) is 0.830. The SMILES string of the molecule is O=C(O)c1ccc(CN2CC(S(=O)(=O)F)CC2=O)cc1. The Hall–Kier alpha value is -1.96. The van der Waals surface area contributed by atoms with Crippen LogP contribution in [0.15, 0.2) is 24.3 Å². The smallest absolute Gasteiger partial charge is 0.335 e. The van der Waals surface area contributed by atoms with Gasteiger partial charge >= 0.3 is 16.2 Å². The number of amides is 1. The van der Waals surface area contributed by atoms with Crippen LogP contribution in [0.3, 0.4) is 0 Å². The van der Waals surface area contributed by atoms with Gasteiger partial charge in [0.1, 0.15) is 5.25 Å². The average molecular weight is 301 g/mol. The van der Waals surface area contributed by atoms with Gasteiger partial charge in [0.2, 0.25) is 5.91 Å². The maximum absolute atomic E-state index is 12.8. The molecule has 1 saturated heterocycles. The molecule has 1 amide bonds. The number of hydrogen-bond donors (Lipinski definition) is 1. The van der Waals surface area contributed by atoms with Crippen molar-refractivity contribution < 1.29 is 27.0 Å². The number of carbonyl (C=O) groups excluding carboxylic acids is 1. The minimum atomic E-state index is -4.72. The highest BCUT2D eigenvalue weighted by Gasteiger charge is 2.38. The Kier molecular flexibility index (Phi) is 3.76. The van der Waals surface area contributed by atoms with E-state index in [4.69, 9.17) is 5.11 Å². The van der Waals surface area contributed by atoms with E-state index in [-0.39, 0.29) is 25.1 Å². The first-order valence-corrected chi connectivity index (χ1v) is 7.25. The van der Waals surface area contributed by atoms with Crippen molar-refractivity contribution in [3.05, 3.63) is 35.4 Å². The zero-order valence-electron chi connectivity index (χ0n) is 10.3. The van der Waals surface area contributed by atoms with Gasteiger partial charge in [-0.05, 0) is 17.7 Å². The van der Waals surface area contributed by atoms with Crippen molar-refractivity contribution in [3.63, 3.8) is 0 Å². The molecule has 1 N–H and O–H groups in total. The second-order valence-corrected chi connectivity index (χ2v) is 6.20. The molecule has 1 heterocycles. The molecule has 1 aliphatic heterocycles. The second kappa shape index (κ2) is 5.20. The maximum atomic E-state index is 12.8. The molecular formula is C12H12FNO5S. The van der Waals surface area contributed by atoms with Crippen LogP contribution in [0.4, 0.5) is 3.89 Å². The monoisotopic (exact) mass is 301 g/mol.